The molecule has 17 heavy (non-hydrogen) atoms. The van der Waals surface area contributed by atoms with E-state index in [9.17, 15) is 9.90 Å². The van der Waals surface area contributed by atoms with E-state index in [4.69, 9.17) is 4.74 Å². The third kappa shape index (κ3) is 4.26. The topological polar surface area (TPSA) is 61.8 Å². The van der Waals surface area contributed by atoms with Gasteiger partial charge in [-0.1, -0.05) is 0 Å². The maximum absolute atomic E-state index is 11.7. The molecule has 2 fully saturated rings. The number of hydrogen-bond acceptors (Lipinski definition) is 4. The number of aliphatic hydroxyl groups is 1. The highest BCUT2D eigenvalue weighted by molar-refractivity contribution is 5.78. The van der Waals surface area contributed by atoms with E-state index in [2.05, 4.69) is 5.32 Å². The lowest BCUT2D eigenvalue weighted by molar-refractivity contribution is -0.123. The number of carbonyl (C=O) groups is 1. The Balaban J connectivity index is 1.62. The fourth-order valence-electron chi connectivity index (χ4n) is 2.47. The Morgan fingerprint density at radius 2 is 2.29 bits per heavy atom. The van der Waals surface area contributed by atoms with Crippen molar-refractivity contribution in [1.29, 1.82) is 0 Å². The van der Waals surface area contributed by atoms with Gasteiger partial charge in [0.15, 0.2) is 0 Å². The van der Waals surface area contributed by atoms with Crippen molar-refractivity contribution in [3.05, 3.63) is 0 Å². The summed E-state index contributed by atoms with van der Waals surface area (Å²) < 4.78 is 5.44. The molecule has 1 amide bonds. The number of likely N-dealkylation sites (tertiary alicyclic amines) is 1. The number of amides is 1. The maximum Gasteiger partial charge on any atom is 0.234 e. The molecule has 0 aromatic rings. The van der Waals surface area contributed by atoms with Gasteiger partial charge in [0.25, 0.3) is 0 Å². The second-order valence-electron chi connectivity index (χ2n) is 4.97. The number of β-amino-alcohol motifs (C(OH)–C–C–N with tert-alkyl or cyclic N) is 1. The summed E-state index contributed by atoms with van der Waals surface area (Å²) >= 11 is 0. The van der Waals surface area contributed by atoms with Crippen LogP contribution in [0.4, 0.5) is 0 Å². The predicted molar refractivity (Wildman–Crippen MR) is 63.7 cm³/mol. The SMILES string of the molecule is O=C(CN1CCC[C@H](O)C1)NC[C@H]1CCCO1. The van der Waals surface area contributed by atoms with Crippen LogP contribution in [0.5, 0.6) is 0 Å². The molecule has 2 atom stereocenters. The average molecular weight is 242 g/mol. The third-order valence-electron chi connectivity index (χ3n) is 3.40. The summed E-state index contributed by atoms with van der Waals surface area (Å²) in [6, 6.07) is 0. The van der Waals surface area contributed by atoms with E-state index in [1.165, 1.54) is 0 Å². The van der Waals surface area contributed by atoms with E-state index >= 15 is 0 Å². The number of ether oxygens (including phenoxy) is 1. The first-order valence-corrected chi connectivity index (χ1v) is 6.53. The van der Waals surface area contributed by atoms with Gasteiger partial charge in [-0.3, -0.25) is 9.69 Å². The van der Waals surface area contributed by atoms with Crippen molar-refractivity contribution in [3.63, 3.8) is 0 Å². The fourth-order valence-corrected chi connectivity index (χ4v) is 2.47. The lowest BCUT2D eigenvalue weighted by atomic mass is 10.1. The molecule has 98 valence electrons. The van der Waals surface area contributed by atoms with E-state index in [1.54, 1.807) is 0 Å². The first-order valence-electron chi connectivity index (χ1n) is 6.53. The zero-order chi connectivity index (χ0) is 12.1. The van der Waals surface area contributed by atoms with Gasteiger partial charge < -0.3 is 15.2 Å². The van der Waals surface area contributed by atoms with Crippen molar-refractivity contribution >= 4 is 5.91 Å². The molecule has 2 N–H and O–H groups in total. The Bertz CT molecular complexity index is 254. The van der Waals surface area contributed by atoms with Crippen LogP contribution in [0.1, 0.15) is 25.7 Å². The summed E-state index contributed by atoms with van der Waals surface area (Å²) in [5, 5.41) is 12.4. The van der Waals surface area contributed by atoms with Crippen LogP contribution < -0.4 is 5.32 Å². The van der Waals surface area contributed by atoms with E-state index < -0.39 is 0 Å². The van der Waals surface area contributed by atoms with Crippen molar-refractivity contribution < 1.29 is 14.6 Å². The Kier molecular flexibility index (Phi) is 4.76. The fraction of sp³-hybridized carbons (Fsp3) is 0.917. The number of nitrogens with one attached hydrogen (secondary N) is 1. The Hall–Kier alpha value is -0.650. The summed E-state index contributed by atoms with van der Waals surface area (Å²) in [5.41, 5.74) is 0. The van der Waals surface area contributed by atoms with Crippen molar-refractivity contribution in [3.8, 4) is 0 Å². The summed E-state index contributed by atoms with van der Waals surface area (Å²) in [4.78, 5) is 13.7. The zero-order valence-corrected chi connectivity index (χ0v) is 10.2. The normalized spacial score (nSPS) is 30.4. The van der Waals surface area contributed by atoms with Crippen LogP contribution in [0, 0.1) is 0 Å². The number of carbonyl (C=O) groups excluding carboxylic acids is 1. The molecule has 0 saturated carbocycles. The minimum Gasteiger partial charge on any atom is -0.392 e. The molecule has 0 aromatic heterocycles. The standard InChI is InChI=1S/C12H22N2O3/c15-10-3-1-5-14(8-10)9-12(16)13-7-11-4-2-6-17-11/h10-11,15H,1-9H2,(H,13,16)/t10-,11+/m0/s1. The van der Waals surface area contributed by atoms with Crippen LogP contribution in [0.3, 0.4) is 0 Å². The van der Waals surface area contributed by atoms with Crippen LogP contribution >= 0.6 is 0 Å². The molecule has 0 aromatic carbocycles. The van der Waals surface area contributed by atoms with E-state index in [-0.39, 0.29) is 18.1 Å². The molecule has 5 heteroatoms. The molecule has 2 saturated heterocycles. The predicted octanol–water partition coefficient (Wildman–Crippen LogP) is -0.262. The first kappa shape index (κ1) is 12.8. The molecule has 0 aliphatic carbocycles. The second-order valence-corrected chi connectivity index (χ2v) is 4.97. The first-order chi connectivity index (χ1) is 8.24. The Morgan fingerprint density at radius 3 is 3.00 bits per heavy atom. The van der Waals surface area contributed by atoms with Gasteiger partial charge >= 0.3 is 0 Å². The van der Waals surface area contributed by atoms with Gasteiger partial charge in [0, 0.05) is 19.7 Å². The molecule has 0 radical (unpaired) electrons. The number of hydrogen-bond donors (Lipinski definition) is 2. The summed E-state index contributed by atoms with van der Waals surface area (Å²) in [6.45, 7) is 3.36. The number of nitrogens with zero attached hydrogens (tertiary/aromatic N) is 1. The van der Waals surface area contributed by atoms with Crippen LogP contribution in [0.25, 0.3) is 0 Å². The van der Waals surface area contributed by atoms with Gasteiger partial charge in [-0.05, 0) is 32.2 Å². The molecule has 0 spiro atoms. The van der Waals surface area contributed by atoms with Gasteiger partial charge in [-0.2, -0.15) is 0 Å². The van der Waals surface area contributed by atoms with E-state index in [0.29, 0.717) is 19.6 Å². The second kappa shape index (κ2) is 6.33. The van der Waals surface area contributed by atoms with Crippen molar-refractivity contribution in [2.45, 2.75) is 37.9 Å². The van der Waals surface area contributed by atoms with Crippen LogP contribution in [-0.4, -0.2) is 60.9 Å². The highest BCUT2D eigenvalue weighted by atomic mass is 16.5. The van der Waals surface area contributed by atoms with E-state index in [0.717, 1.165) is 38.8 Å². The number of rotatable bonds is 4. The Labute approximate surface area is 102 Å². The van der Waals surface area contributed by atoms with Crippen molar-refractivity contribution in [2.75, 3.05) is 32.8 Å². The number of piperidine rings is 1. The van der Waals surface area contributed by atoms with E-state index in [1.807, 2.05) is 4.90 Å². The molecule has 2 aliphatic heterocycles. The van der Waals surface area contributed by atoms with Crippen LogP contribution in [0.2, 0.25) is 0 Å². The summed E-state index contributed by atoms with van der Waals surface area (Å²) in [6.07, 6.45) is 3.90. The van der Waals surface area contributed by atoms with Gasteiger partial charge in [-0.25, -0.2) is 0 Å². The van der Waals surface area contributed by atoms with Gasteiger partial charge in [-0.15, -0.1) is 0 Å². The molecule has 0 unspecified atom stereocenters. The molecular weight excluding hydrogens is 220 g/mol. The highest BCUT2D eigenvalue weighted by Gasteiger charge is 2.20. The highest BCUT2D eigenvalue weighted by Crippen LogP contribution is 2.11. The molecule has 0 bridgehead atoms. The van der Waals surface area contributed by atoms with Gasteiger partial charge in [0.1, 0.15) is 0 Å². The maximum atomic E-state index is 11.7. The lowest BCUT2D eigenvalue weighted by Crippen LogP contribution is -2.45. The third-order valence-corrected chi connectivity index (χ3v) is 3.40. The lowest BCUT2D eigenvalue weighted by Gasteiger charge is -2.29. The van der Waals surface area contributed by atoms with Crippen molar-refractivity contribution in [1.82, 2.24) is 10.2 Å². The molecule has 5 nitrogen and oxygen atoms in total. The minimum atomic E-state index is -0.269. The molecule has 2 rings (SSSR count). The average Bonchev–Trinajstić information content (AvgIpc) is 2.79. The number of aliphatic hydroxyl groups excluding tert-OH is 1. The van der Waals surface area contributed by atoms with Crippen molar-refractivity contribution in [2.24, 2.45) is 0 Å². The largest absolute Gasteiger partial charge is 0.392 e. The zero-order valence-electron chi connectivity index (χ0n) is 10.2. The summed E-state index contributed by atoms with van der Waals surface area (Å²) in [7, 11) is 0. The van der Waals surface area contributed by atoms with Gasteiger partial charge in [0.2, 0.25) is 5.91 Å². The van der Waals surface area contributed by atoms with Gasteiger partial charge in [0.05, 0.1) is 18.8 Å². The minimum absolute atomic E-state index is 0.0367. The smallest absolute Gasteiger partial charge is 0.234 e. The Morgan fingerprint density at radius 1 is 1.41 bits per heavy atom. The van der Waals surface area contributed by atoms with Crippen LogP contribution in [0.15, 0.2) is 0 Å². The summed E-state index contributed by atoms with van der Waals surface area (Å²) in [5.74, 6) is 0.0367. The molecule has 2 aliphatic rings. The molecular formula is C12H22N2O3. The molecule has 2 heterocycles. The van der Waals surface area contributed by atoms with Crippen LogP contribution in [-0.2, 0) is 9.53 Å². The monoisotopic (exact) mass is 242 g/mol. The quantitative estimate of drug-likeness (QED) is 0.713.